The van der Waals surface area contributed by atoms with Crippen LogP contribution < -0.4 is 10.2 Å². The van der Waals surface area contributed by atoms with Crippen LogP contribution in [0.3, 0.4) is 0 Å². The SMILES string of the molecule is CCc1ccccc1N1C(=O)CSc2c(c(C)nn2-c2ccccc2)C1C(=O)NCc1ccc(C)cc1. The summed E-state index contributed by atoms with van der Waals surface area (Å²) in [6.07, 6.45) is 0.750. The van der Waals surface area contributed by atoms with Crippen LogP contribution in [0.25, 0.3) is 5.69 Å². The van der Waals surface area contributed by atoms with Gasteiger partial charge in [-0.25, -0.2) is 4.68 Å². The predicted molar refractivity (Wildman–Crippen MR) is 148 cm³/mol. The molecule has 0 aliphatic carbocycles. The van der Waals surface area contributed by atoms with Crippen molar-refractivity contribution in [3.05, 3.63) is 107 Å². The number of rotatable bonds is 6. The minimum Gasteiger partial charge on any atom is -0.350 e. The third-order valence-electron chi connectivity index (χ3n) is 6.66. The number of hydrogen-bond acceptors (Lipinski definition) is 4. The molecule has 1 aromatic heterocycles. The van der Waals surface area contributed by atoms with Crippen molar-refractivity contribution >= 4 is 29.3 Å². The summed E-state index contributed by atoms with van der Waals surface area (Å²) >= 11 is 1.44. The summed E-state index contributed by atoms with van der Waals surface area (Å²) in [4.78, 5) is 29.4. The van der Waals surface area contributed by atoms with E-state index in [0.29, 0.717) is 6.54 Å². The fraction of sp³-hybridized carbons (Fsp3) is 0.233. The Labute approximate surface area is 221 Å². The van der Waals surface area contributed by atoms with Crippen molar-refractivity contribution in [2.24, 2.45) is 0 Å². The lowest BCUT2D eigenvalue weighted by Crippen LogP contribution is -2.44. The van der Waals surface area contributed by atoms with E-state index in [-0.39, 0.29) is 17.6 Å². The highest BCUT2D eigenvalue weighted by atomic mass is 32.2. The van der Waals surface area contributed by atoms with E-state index >= 15 is 0 Å². The molecule has 1 aliphatic rings. The molecular formula is C30H30N4O2S. The number of nitrogens with zero attached hydrogens (tertiary/aromatic N) is 3. The second kappa shape index (κ2) is 10.6. The van der Waals surface area contributed by atoms with E-state index in [9.17, 15) is 9.59 Å². The molecule has 2 heterocycles. The molecular weight excluding hydrogens is 480 g/mol. The van der Waals surface area contributed by atoms with E-state index < -0.39 is 6.04 Å². The zero-order chi connectivity index (χ0) is 25.9. The van der Waals surface area contributed by atoms with Crippen LogP contribution >= 0.6 is 11.8 Å². The van der Waals surface area contributed by atoms with Gasteiger partial charge in [0.15, 0.2) is 0 Å². The molecule has 0 radical (unpaired) electrons. The van der Waals surface area contributed by atoms with Crippen LogP contribution in [-0.4, -0.2) is 27.3 Å². The zero-order valence-corrected chi connectivity index (χ0v) is 22.1. The second-order valence-electron chi connectivity index (χ2n) is 9.19. The molecule has 0 fully saturated rings. The number of para-hydroxylation sites is 2. The van der Waals surface area contributed by atoms with Gasteiger partial charge in [0.2, 0.25) is 11.8 Å². The van der Waals surface area contributed by atoms with Crippen LogP contribution in [0.4, 0.5) is 5.69 Å². The molecule has 6 nitrogen and oxygen atoms in total. The number of carbonyl (C=O) groups excluding carboxylic acids is 2. The predicted octanol–water partition coefficient (Wildman–Crippen LogP) is 5.55. The van der Waals surface area contributed by atoms with Crippen LogP contribution in [0.5, 0.6) is 0 Å². The van der Waals surface area contributed by atoms with Crippen molar-refractivity contribution in [1.82, 2.24) is 15.1 Å². The first-order valence-electron chi connectivity index (χ1n) is 12.5. The molecule has 0 saturated heterocycles. The number of aromatic nitrogens is 2. The van der Waals surface area contributed by atoms with E-state index in [0.717, 1.165) is 50.8 Å². The number of thioether (sulfide) groups is 1. The Morgan fingerprint density at radius 3 is 2.43 bits per heavy atom. The maximum absolute atomic E-state index is 14.0. The smallest absolute Gasteiger partial charge is 0.248 e. The first-order valence-corrected chi connectivity index (χ1v) is 13.5. The number of fused-ring (bicyclic) bond motifs is 1. The van der Waals surface area contributed by atoms with Crippen molar-refractivity contribution in [3.63, 3.8) is 0 Å². The lowest BCUT2D eigenvalue weighted by Gasteiger charge is -2.31. The number of hydrogen-bond donors (Lipinski definition) is 1. The lowest BCUT2D eigenvalue weighted by molar-refractivity contribution is -0.126. The molecule has 1 unspecified atom stereocenters. The number of carbonyl (C=O) groups is 2. The number of amides is 2. The number of anilines is 1. The zero-order valence-electron chi connectivity index (χ0n) is 21.3. The Balaban J connectivity index is 1.63. The van der Waals surface area contributed by atoms with Crippen molar-refractivity contribution < 1.29 is 9.59 Å². The summed E-state index contributed by atoms with van der Waals surface area (Å²) in [6, 6.07) is 24.9. The maximum Gasteiger partial charge on any atom is 0.248 e. The van der Waals surface area contributed by atoms with Crippen LogP contribution in [0.1, 0.15) is 40.9 Å². The first-order chi connectivity index (χ1) is 18.0. The van der Waals surface area contributed by atoms with Crippen LogP contribution in [0, 0.1) is 13.8 Å². The van der Waals surface area contributed by atoms with Crippen LogP contribution in [0.2, 0.25) is 0 Å². The van der Waals surface area contributed by atoms with Gasteiger partial charge >= 0.3 is 0 Å². The second-order valence-corrected chi connectivity index (χ2v) is 10.2. The lowest BCUT2D eigenvalue weighted by atomic mass is 10.0. The summed E-state index contributed by atoms with van der Waals surface area (Å²) in [6.45, 7) is 6.39. The molecule has 4 aromatic rings. The number of aryl methyl sites for hydroxylation is 3. The molecule has 0 spiro atoms. The Morgan fingerprint density at radius 1 is 1.00 bits per heavy atom. The van der Waals surface area contributed by atoms with Crippen molar-refractivity contribution in [2.75, 3.05) is 10.7 Å². The van der Waals surface area contributed by atoms with E-state index in [4.69, 9.17) is 5.10 Å². The molecule has 0 saturated carbocycles. The maximum atomic E-state index is 14.0. The normalized spacial score (nSPS) is 15.3. The van der Waals surface area contributed by atoms with Gasteiger partial charge in [0.1, 0.15) is 11.1 Å². The van der Waals surface area contributed by atoms with Gasteiger partial charge < -0.3 is 5.32 Å². The van der Waals surface area contributed by atoms with Gasteiger partial charge in [-0.1, -0.05) is 84.9 Å². The monoisotopic (exact) mass is 510 g/mol. The third-order valence-corrected chi connectivity index (χ3v) is 7.72. The van der Waals surface area contributed by atoms with E-state index in [2.05, 4.69) is 12.2 Å². The topological polar surface area (TPSA) is 67.2 Å². The van der Waals surface area contributed by atoms with E-state index in [1.54, 1.807) is 4.90 Å². The molecule has 3 aromatic carbocycles. The summed E-state index contributed by atoms with van der Waals surface area (Å²) in [7, 11) is 0. The van der Waals surface area contributed by atoms with Crippen molar-refractivity contribution in [2.45, 2.75) is 44.8 Å². The molecule has 2 amide bonds. The molecule has 1 atom stereocenters. The van der Waals surface area contributed by atoms with Gasteiger partial charge in [-0.15, -0.1) is 0 Å². The minimum absolute atomic E-state index is 0.100. The third kappa shape index (κ3) is 4.91. The van der Waals surface area contributed by atoms with Gasteiger partial charge in [-0.3, -0.25) is 14.5 Å². The molecule has 1 N–H and O–H groups in total. The van der Waals surface area contributed by atoms with E-state index in [1.807, 2.05) is 97.4 Å². The van der Waals surface area contributed by atoms with E-state index in [1.165, 1.54) is 11.8 Å². The summed E-state index contributed by atoms with van der Waals surface area (Å²) in [5, 5.41) is 8.77. The largest absolute Gasteiger partial charge is 0.350 e. The highest BCUT2D eigenvalue weighted by Gasteiger charge is 2.41. The summed E-state index contributed by atoms with van der Waals surface area (Å²) in [5.74, 6) is -0.110. The standard InChI is InChI=1S/C30H30N4O2S/c1-4-23-10-8-9-13-25(23)33-26(35)19-37-30-27(21(3)32-34(30)24-11-6-5-7-12-24)28(33)29(36)31-18-22-16-14-20(2)15-17-22/h5-17,28H,4,18-19H2,1-3H3,(H,31,36). The highest BCUT2D eigenvalue weighted by Crippen LogP contribution is 2.41. The Kier molecular flexibility index (Phi) is 7.15. The summed E-state index contributed by atoms with van der Waals surface area (Å²) in [5.41, 5.74) is 6.36. The highest BCUT2D eigenvalue weighted by molar-refractivity contribution is 8.00. The van der Waals surface area contributed by atoms with Gasteiger partial charge in [0.25, 0.3) is 0 Å². The number of nitrogens with one attached hydrogen (secondary N) is 1. The molecule has 5 rings (SSSR count). The average molecular weight is 511 g/mol. The fourth-order valence-electron chi connectivity index (χ4n) is 4.75. The fourth-order valence-corrected chi connectivity index (χ4v) is 5.83. The minimum atomic E-state index is -0.840. The summed E-state index contributed by atoms with van der Waals surface area (Å²) < 4.78 is 1.86. The average Bonchev–Trinajstić information content (AvgIpc) is 3.16. The van der Waals surface area contributed by atoms with Gasteiger partial charge in [0.05, 0.1) is 17.1 Å². The Morgan fingerprint density at radius 2 is 1.70 bits per heavy atom. The quantitative estimate of drug-likeness (QED) is 0.369. The van der Waals surface area contributed by atoms with Crippen molar-refractivity contribution in [3.8, 4) is 5.69 Å². The van der Waals surface area contributed by atoms with Crippen LogP contribution in [-0.2, 0) is 22.6 Å². The molecule has 0 bridgehead atoms. The number of benzene rings is 3. The molecule has 188 valence electrons. The van der Waals surface area contributed by atoms with Gasteiger partial charge in [-0.2, -0.15) is 5.10 Å². The van der Waals surface area contributed by atoms with Gasteiger partial charge in [0, 0.05) is 17.8 Å². The first kappa shape index (κ1) is 24.8. The molecule has 7 heteroatoms. The van der Waals surface area contributed by atoms with Gasteiger partial charge in [-0.05, 0) is 49.6 Å². The van der Waals surface area contributed by atoms with Crippen molar-refractivity contribution in [1.29, 1.82) is 0 Å². The van der Waals surface area contributed by atoms with Crippen LogP contribution in [0.15, 0.2) is 83.9 Å². The molecule has 37 heavy (non-hydrogen) atoms. The Hall–Kier alpha value is -3.84. The molecule has 1 aliphatic heterocycles. The Bertz CT molecular complexity index is 1430.